The van der Waals surface area contributed by atoms with Crippen LogP contribution in [0.1, 0.15) is 36.0 Å². The summed E-state index contributed by atoms with van der Waals surface area (Å²) < 4.78 is 34.2. The smallest absolute Gasteiger partial charge is 0.258 e. The molecule has 4 rings (SSSR count). The van der Waals surface area contributed by atoms with Crippen LogP contribution in [-0.4, -0.2) is 61.2 Å². The molecular weight excluding hydrogens is 430 g/mol. The number of alkyl halides is 2. The SMILES string of the molecule is CN1CN(C2CCC(C(F)F)CC2)c2c(cnc3c2ccn3COCC[Si](C)(C)C)C1=O. The average Bonchev–Trinajstić information content (AvgIpc) is 3.16. The van der Waals surface area contributed by atoms with Gasteiger partial charge in [0.15, 0.2) is 0 Å². The molecule has 1 amide bonds. The fourth-order valence-electron chi connectivity index (χ4n) is 4.77. The van der Waals surface area contributed by atoms with Gasteiger partial charge in [-0.05, 0) is 37.8 Å². The Kier molecular flexibility index (Phi) is 6.58. The summed E-state index contributed by atoms with van der Waals surface area (Å²) in [7, 11) is 0.630. The van der Waals surface area contributed by atoms with Crippen molar-refractivity contribution >= 4 is 30.7 Å². The summed E-state index contributed by atoms with van der Waals surface area (Å²) in [6.45, 7) is 8.59. The van der Waals surface area contributed by atoms with Crippen LogP contribution < -0.4 is 4.90 Å². The largest absolute Gasteiger partial charge is 0.361 e. The zero-order valence-corrected chi connectivity index (χ0v) is 20.5. The molecule has 9 heteroatoms. The molecule has 0 N–H and O–H groups in total. The number of nitrogens with zero attached hydrogens (tertiary/aromatic N) is 4. The van der Waals surface area contributed by atoms with Crippen molar-refractivity contribution in [1.82, 2.24) is 14.5 Å². The Hall–Kier alpha value is -2.00. The number of fused-ring (bicyclic) bond motifs is 3. The highest BCUT2D eigenvalue weighted by atomic mass is 28.3. The average molecular weight is 465 g/mol. The quantitative estimate of drug-likeness (QED) is 0.426. The van der Waals surface area contributed by atoms with E-state index in [2.05, 4.69) is 29.5 Å². The Morgan fingerprint density at radius 2 is 1.94 bits per heavy atom. The minimum atomic E-state index is -2.25. The number of ether oxygens (including phenoxy) is 1. The van der Waals surface area contributed by atoms with Crippen molar-refractivity contribution in [2.24, 2.45) is 5.92 Å². The first-order valence-electron chi connectivity index (χ1n) is 11.5. The first-order valence-corrected chi connectivity index (χ1v) is 15.2. The Balaban J connectivity index is 1.59. The lowest BCUT2D eigenvalue weighted by molar-refractivity contribution is 0.0514. The summed E-state index contributed by atoms with van der Waals surface area (Å²) in [6, 6.07) is 3.24. The van der Waals surface area contributed by atoms with E-state index in [9.17, 15) is 13.6 Å². The van der Waals surface area contributed by atoms with Gasteiger partial charge in [-0.3, -0.25) is 4.79 Å². The van der Waals surface area contributed by atoms with Crippen molar-refractivity contribution < 1.29 is 18.3 Å². The molecule has 0 atom stereocenters. The standard InChI is InChI=1S/C23H34F2N4O2Si/c1-27-14-29(17-7-5-16(6-8-17)21(24)25)20-18-9-10-28(15-31-11-12-32(2,3)4)22(18)26-13-19(20)23(27)30/h9-10,13,16-17,21H,5-8,11-12,14-15H2,1-4H3. The second kappa shape index (κ2) is 9.09. The van der Waals surface area contributed by atoms with Crippen molar-refractivity contribution in [2.75, 3.05) is 25.2 Å². The molecule has 1 fully saturated rings. The van der Waals surface area contributed by atoms with E-state index in [0.717, 1.165) is 29.4 Å². The topological polar surface area (TPSA) is 50.6 Å². The second-order valence-electron chi connectivity index (χ2n) is 10.4. The van der Waals surface area contributed by atoms with E-state index < -0.39 is 20.4 Å². The molecule has 0 aromatic carbocycles. The number of anilines is 1. The first kappa shape index (κ1) is 23.2. The van der Waals surface area contributed by atoms with Crippen LogP contribution in [0, 0.1) is 5.92 Å². The molecule has 0 unspecified atom stereocenters. The molecule has 0 bridgehead atoms. The number of hydrogen-bond acceptors (Lipinski definition) is 4. The van der Waals surface area contributed by atoms with E-state index in [4.69, 9.17) is 4.74 Å². The Morgan fingerprint density at radius 1 is 1.22 bits per heavy atom. The summed E-state index contributed by atoms with van der Waals surface area (Å²) in [5.41, 5.74) is 2.26. The summed E-state index contributed by atoms with van der Waals surface area (Å²) in [5, 5.41) is 0.925. The predicted molar refractivity (Wildman–Crippen MR) is 125 cm³/mol. The van der Waals surface area contributed by atoms with Gasteiger partial charge in [-0.2, -0.15) is 0 Å². The van der Waals surface area contributed by atoms with Crippen LogP contribution in [0.25, 0.3) is 11.0 Å². The third kappa shape index (κ3) is 4.68. The summed E-state index contributed by atoms with van der Waals surface area (Å²) in [6.07, 6.45) is 3.83. The zero-order valence-electron chi connectivity index (χ0n) is 19.5. The van der Waals surface area contributed by atoms with Gasteiger partial charge in [0, 0.05) is 51.5 Å². The molecule has 1 aliphatic carbocycles. The Morgan fingerprint density at radius 3 is 2.59 bits per heavy atom. The number of carbonyl (C=O) groups excluding carboxylic acids is 1. The van der Waals surface area contributed by atoms with E-state index >= 15 is 0 Å². The van der Waals surface area contributed by atoms with Crippen LogP contribution in [0.15, 0.2) is 18.5 Å². The van der Waals surface area contributed by atoms with E-state index in [1.165, 1.54) is 0 Å². The number of pyridine rings is 1. The van der Waals surface area contributed by atoms with E-state index in [1.54, 1.807) is 18.1 Å². The molecule has 2 aromatic rings. The van der Waals surface area contributed by atoms with Gasteiger partial charge in [-0.25, -0.2) is 13.8 Å². The molecule has 0 spiro atoms. The fraction of sp³-hybridized carbons (Fsp3) is 0.652. The van der Waals surface area contributed by atoms with Crippen molar-refractivity contribution in [3.05, 3.63) is 24.0 Å². The second-order valence-corrected chi connectivity index (χ2v) is 16.0. The fourth-order valence-corrected chi connectivity index (χ4v) is 5.53. The van der Waals surface area contributed by atoms with Gasteiger partial charge >= 0.3 is 0 Å². The van der Waals surface area contributed by atoms with Crippen LogP contribution in [0.4, 0.5) is 14.5 Å². The molecule has 0 radical (unpaired) electrons. The number of aromatic nitrogens is 2. The molecule has 176 valence electrons. The highest BCUT2D eigenvalue weighted by Crippen LogP contribution is 2.40. The summed E-state index contributed by atoms with van der Waals surface area (Å²) >= 11 is 0. The van der Waals surface area contributed by atoms with Crippen LogP contribution in [0.5, 0.6) is 0 Å². The number of halogens is 2. The molecule has 6 nitrogen and oxygen atoms in total. The van der Waals surface area contributed by atoms with Crippen molar-refractivity contribution in [1.29, 1.82) is 0 Å². The van der Waals surface area contributed by atoms with Crippen molar-refractivity contribution in [2.45, 2.75) is 70.6 Å². The minimum Gasteiger partial charge on any atom is -0.361 e. The highest BCUT2D eigenvalue weighted by Gasteiger charge is 2.36. The minimum absolute atomic E-state index is 0.0500. The van der Waals surface area contributed by atoms with Crippen LogP contribution >= 0.6 is 0 Å². The van der Waals surface area contributed by atoms with Crippen molar-refractivity contribution in [3.63, 3.8) is 0 Å². The van der Waals surface area contributed by atoms with Crippen molar-refractivity contribution in [3.8, 4) is 0 Å². The molecule has 0 saturated heterocycles. The van der Waals surface area contributed by atoms with Gasteiger partial charge in [0.1, 0.15) is 12.4 Å². The molecule has 1 saturated carbocycles. The normalized spacial score (nSPS) is 22.2. The Bertz CT molecular complexity index is 967. The number of rotatable bonds is 7. The van der Waals surface area contributed by atoms with Gasteiger partial charge in [0.05, 0.1) is 17.9 Å². The van der Waals surface area contributed by atoms with Crippen LogP contribution in [-0.2, 0) is 11.5 Å². The van der Waals surface area contributed by atoms with Gasteiger partial charge < -0.3 is 19.1 Å². The number of carbonyl (C=O) groups is 1. The number of hydrogen-bond donors (Lipinski definition) is 0. The molecular formula is C23H34F2N4O2Si. The Labute approximate surface area is 189 Å². The molecule has 32 heavy (non-hydrogen) atoms. The van der Waals surface area contributed by atoms with Gasteiger partial charge in [-0.1, -0.05) is 19.6 Å². The molecule has 2 aliphatic rings. The van der Waals surface area contributed by atoms with Crippen LogP contribution in [0.3, 0.4) is 0 Å². The maximum atomic E-state index is 13.2. The van der Waals surface area contributed by atoms with Crippen LogP contribution in [0.2, 0.25) is 25.7 Å². The third-order valence-electron chi connectivity index (χ3n) is 6.75. The molecule has 2 aromatic heterocycles. The molecule has 1 aliphatic heterocycles. The van der Waals surface area contributed by atoms with Gasteiger partial charge in [0.25, 0.3) is 5.91 Å². The monoisotopic (exact) mass is 464 g/mol. The summed E-state index contributed by atoms with van der Waals surface area (Å²) in [4.78, 5) is 21.4. The maximum Gasteiger partial charge on any atom is 0.258 e. The number of amides is 1. The van der Waals surface area contributed by atoms with Gasteiger partial charge in [0.2, 0.25) is 6.43 Å². The van der Waals surface area contributed by atoms with E-state index in [-0.39, 0.29) is 11.9 Å². The van der Waals surface area contributed by atoms with Gasteiger partial charge in [-0.15, -0.1) is 0 Å². The van der Waals surface area contributed by atoms with E-state index in [1.807, 2.05) is 16.8 Å². The predicted octanol–water partition coefficient (Wildman–Crippen LogP) is 5.02. The summed E-state index contributed by atoms with van der Waals surface area (Å²) in [5.74, 6) is -0.562. The third-order valence-corrected chi connectivity index (χ3v) is 8.46. The lowest BCUT2D eigenvalue weighted by atomic mass is 9.85. The molecule has 3 heterocycles. The first-order chi connectivity index (χ1) is 15.2. The zero-order chi connectivity index (χ0) is 23.0. The lowest BCUT2D eigenvalue weighted by Crippen LogP contribution is -2.50. The maximum absolute atomic E-state index is 13.2. The van der Waals surface area contributed by atoms with E-state index in [0.29, 0.717) is 44.6 Å². The highest BCUT2D eigenvalue weighted by molar-refractivity contribution is 6.76. The lowest BCUT2D eigenvalue weighted by Gasteiger charge is -2.43.